The van der Waals surface area contributed by atoms with Gasteiger partial charge in [-0.2, -0.15) is 5.10 Å². The molecule has 0 spiro atoms. The van der Waals surface area contributed by atoms with Gasteiger partial charge in [0.05, 0.1) is 27.9 Å². The summed E-state index contributed by atoms with van der Waals surface area (Å²) in [6.45, 7) is 0. The van der Waals surface area contributed by atoms with Crippen molar-refractivity contribution in [1.29, 1.82) is 0 Å². The second-order valence-corrected chi connectivity index (χ2v) is 9.79. The number of hydrogen-bond acceptors (Lipinski definition) is 5. The van der Waals surface area contributed by atoms with Crippen LogP contribution < -0.4 is 10.3 Å². The van der Waals surface area contributed by atoms with Crippen LogP contribution in [-0.2, 0) is 0 Å². The molecule has 0 fully saturated rings. The Morgan fingerprint density at radius 3 is 2.05 bits per heavy atom. The number of aromatic nitrogens is 1. The van der Waals surface area contributed by atoms with E-state index in [0.29, 0.717) is 5.56 Å². The highest BCUT2D eigenvalue weighted by Crippen LogP contribution is 2.34. The molecule has 4 aromatic carbocycles. The van der Waals surface area contributed by atoms with Crippen LogP contribution in [0.5, 0.6) is 0 Å². The van der Waals surface area contributed by atoms with E-state index >= 15 is 0 Å². The third kappa shape index (κ3) is 5.32. The first-order valence-corrected chi connectivity index (χ1v) is 13.4. The van der Waals surface area contributed by atoms with Gasteiger partial charge >= 0.3 is 0 Å². The standard InChI is InChI=1S/C33H24N4OS/c38-33(29-22-31(32-16-9-21-39-32)35-30-15-8-7-14-28(29)30)36-34-23-24-17-19-27(20-18-24)37(25-10-3-1-4-11-25)26-12-5-2-6-13-26/h1-23H,(H,36,38)/b34-23+. The molecule has 0 radical (unpaired) electrons. The summed E-state index contributed by atoms with van der Waals surface area (Å²) >= 11 is 1.59. The molecule has 6 aromatic rings. The molecule has 2 heterocycles. The largest absolute Gasteiger partial charge is 0.311 e. The number of amides is 1. The quantitative estimate of drug-likeness (QED) is 0.169. The van der Waals surface area contributed by atoms with E-state index in [1.165, 1.54) is 0 Å². The molecule has 0 unspecified atom stereocenters. The summed E-state index contributed by atoms with van der Waals surface area (Å²) in [6.07, 6.45) is 1.65. The van der Waals surface area contributed by atoms with Crippen molar-refractivity contribution in [2.24, 2.45) is 5.10 Å². The van der Waals surface area contributed by atoms with Gasteiger partial charge in [-0.3, -0.25) is 4.79 Å². The fourth-order valence-electron chi connectivity index (χ4n) is 4.45. The van der Waals surface area contributed by atoms with Crippen LogP contribution in [0, 0.1) is 0 Å². The lowest BCUT2D eigenvalue weighted by Gasteiger charge is -2.25. The molecular formula is C33H24N4OS. The molecule has 0 aliphatic heterocycles. The van der Waals surface area contributed by atoms with Crippen LogP contribution in [0.4, 0.5) is 17.1 Å². The molecule has 6 rings (SSSR count). The highest BCUT2D eigenvalue weighted by molar-refractivity contribution is 7.13. The van der Waals surface area contributed by atoms with Crippen LogP contribution in [0.2, 0.25) is 0 Å². The minimum atomic E-state index is -0.279. The minimum Gasteiger partial charge on any atom is -0.311 e. The van der Waals surface area contributed by atoms with Crippen molar-refractivity contribution in [1.82, 2.24) is 10.4 Å². The normalized spacial score (nSPS) is 11.1. The Hall–Kier alpha value is -5.07. The molecule has 6 heteroatoms. The molecule has 5 nitrogen and oxygen atoms in total. The Balaban J connectivity index is 1.23. The van der Waals surface area contributed by atoms with Crippen molar-refractivity contribution in [3.63, 3.8) is 0 Å². The highest BCUT2D eigenvalue weighted by atomic mass is 32.1. The van der Waals surface area contributed by atoms with Crippen molar-refractivity contribution in [3.8, 4) is 10.6 Å². The van der Waals surface area contributed by atoms with E-state index in [4.69, 9.17) is 4.98 Å². The number of thiophene rings is 1. The first-order chi connectivity index (χ1) is 19.3. The molecular weight excluding hydrogens is 500 g/mol. The topological polar surface area (TPSA) is 57.6 Å². The minimum absolute atomic E-state index is 0.279. The van der Waals surface area contributed by atoms with Gasteiger partial charge < -0.3 is 4.90 Å². The lowest BCUT2D eigenvalue weighted by molar-refractivity contribution is 0.0956. The Bertz CT molecular complexity index is 1690. The van der Waals surface area contributed by atoms with Crippen LogP contribution in [-0.4, -0.2) is 17.1 Å². The summed E-state index contributed by atoms with van der Waals surface area (Å²) in [5.41, 5.74) is 8.83. The highest BCUT2D eigenvalue weighted by Gasteiger charge is 2.14. The monoisotopic (exact) mass is 524 g/mol. The van der Waals surface area contributed by atoms with Crippen LogP contribution in [0.25, 0.3) is 21.5 Å². The number of nitrogens with zero attached hydrogens (tertiary/aromatic N) is 3. The summed E-state index contributed by atoms with van der Waals surface area (Å²) in [5, 5.41) is 7.04. The van der Waals surface area contributed by atoms with E-state index in [9.17, 15) is 4.79 Å². The van der Waals surface area contributed by atoms with Crippen LogP contribution in [0.1, 0.15) is 15.9 Å². The number of anilines is 3. The molecule has 0 atom stereocenters. The molecule has 2 aromatic heterocycles. The van der Waals surface area contributed by atoms with Gasteiger partial charge in [-0.25, -0.2) is 10.4 Å². The fraction of sp³-hybridized carbons (Fsp3) is 0. The van der Waals surface area contributed by atoms with Crippen molar-refractivity contribution in [2.45, 2.75) is 0 Å². The lowest BCUT2D eigenvalue weighted by atomic mass is 10.1. The van der Waals surface area contributed by atoms with Crippen molar-refractivity contribution in [2.75, 3.05) is 4.90 Å². The zero-order valence-electron chi connectivity index (χ0n) is 20.9. The summed E-state index contributed by atoms with van der Waals surface area (Å²) in [6, 6.07) is 42.0. The van der Waals surface area contributed by atoms with Gasteiger partial charge in [0.1, 0.15) is 0 Å². The van der Waals surface area contributed by atoms with Gasteiger partial charge in [0.25, 0.3) is 5.91 Å². The third-order valence-corrected chi connectivity index (χ3v) is 7.19. The van der Waals surface area contributed by atoms with Gasteiger partial charge in [-0.15, -0.1) is 11.3 Å². The number of nitrogens with one attached hydrogen (secondary N) is 1. The number of hydrazone groups is 1. The maximum absolute atomic E-state index is 13.2. The fourth-order valence-corrected chi connectivity index (χ4v) is 5.14. The van der Waals surface area contributed by atoms with Crippen LogP contribution in [0.3, 0.4) is 0 Å². The Morgan fingerprint density at radius 2 is 1.38 bits per heavy atom. The molecule has 0 bridgehead atoms. The van der Waals surface area contributed by atoms with Crippen LogP contribution in [0.15, 0.2) is 138 Å². The van der Waals surface area contributed by atoms with E-state index in [1.807, 2.05) is 109 Å². The number of hydrogen-bond donors (Lipinski definition) is 1. The average molecular weight is 525 g/mol. The maximum Gasteiger partial charge on any atom is 0.272 e. The number of fused-ring (bicyclic) bond motifs is 1. The number of para-hydroxylation sites is 3. The SMILES string of the molecule is O=C(N/N=C/c1ccc(N(c2ccccc2)c2ccccc2)cc1)c1cc(-c2cccs2)nc2ccccc12. The summed E-state index contributed by atoms with van der Waals surface area (Å²) in [7, 11) is 0. The van der Waals surface area contributed by atoms with Gasteiger partial charge in [-0.05, 0) is 65.5 Å². The molecule has 39 heavy (non-hydrogen) atoms. The van der Waals surface area contributed by atoms with E-state index in [2.05, 4.69) is 39.7 Å². The molecule has 0 saturated heterocycles. The lowest BCUT2D eigenvalue weighted by Crippen LogP contribution is -2.18. The Labute approximate surface area is 230 Å². The molecule has 0 saturated carbocycles. The number of benzene rings is 4. The zero-order chi connectivity index (χ0) is 26.4. The number of rotatable bonds is 7. The molecule has 188 valence electrons. The van der Waals surface area contributed by atoms with Gasteiger partial charge in [0.2, 0.25) is 0 Å². The summed E-state index contributed by atoms with van der Waals surface area (Å²) < 4.78 is 0. The predicted molar refractivity (Wildman–Crippen MR) is 161 cm³/mol. The smallest absolute Gasteiger partial charge is 0.272 e. The van der Waals surface area contributed by atoms with E-state index < -0.39 is 0 Å². The van der Waals surface area contributed by atoms with E-state index in [-0.39, 0.29) is 5.91 Å². The second-order valence-electron chi connectivity index (χ2n) is 8.85. The third-order valence-electron chi connectivity index (χ3n) is 6.29. The first kappa shape index (κ1) is 24.3. The van der Waals surface area contributed by atoms with Crippen LogP contribution >= 0.6 is 11.3 Å². The second kappa shape index (κ2) is 11.1. The van der Waals surface area contributed by atoms with Crippen molar-refractivity contribution < 1.29 is 4.79 Å². The average Bonchev–Trinajstić information content (AvgIpc) is 3.54. The van der Waals surface area contributed by atoms with Crippen molar-refractivity contribution >= 4 is 51.4 Å². The predicted octanol–water partition coefficient (Wildman–Crippen LogP) is 8.20. The first-order valence-electron chi connectivity index (χ1n) is 12.5. The summed E-state index contributed by atoms with van der Waals surface area (Å²) in [5.74, 6) is -0.279. The van der Waals surface area contributed by atoms with E-state index in [0.717, 1.165) is 44.1 Å². The summed E-state index contributed by atoms with van der Waals surface area (Å²) in [4.78, 5) is 21.1. The van der Waals surface area contributed by atoms with E-state index in [1.54, 1.807) is 17.6 Å². The van der Waals surface area contributed by atoms with Gasteiger partial charge in [0, 0.05) is 22.4 Å². The Morgan fingerprint density at radius 1 is 0.744 bits per heavy atom. The zero-order valence-corrected chi connectivity index (χ0v) is 21.8. The number of pyridine rings is 1. The maximum atomic E-state index is 13.2. The van der Waals surface area contributed by atoms with Gasteiger partial charge in [-0.1, -0.05) is 72.8 Å². The molecule has 0 aliphatic carbocycles. The molecule has 0 aliphatic rings. The molecule has 1 N–H and O–H groups in total. The number of carbonyl (C=O) groups is 1. The van der Waals surface area contributed by atoms with Gasteiger partial charge in [0.15, 0.2) is 0 Å². The number of carbonyl (C=O) groups excluding carboxylic acids is 1. The molecule has 1 amide bonds. The Kier molecular flexibility index (Phi) is 6.93. The van der Waals surface area contributed by atoms with Crippen molar-refractivity contribution in [3.05, 3.63) is 144 Å².